The highest BCUT2D eigenvalue weighted by atomic mass is 16.6. The molecule has 3 rings (SSSR count). The van der Waals surface area contributed by atoms with E-state index in [2.05, 4.69) is 10.6 Å². The third-order valence-corrected chi connectivity index (χ3v) is 6.52. The van der Waals surface area contributed by atoms with Crippen LogP contribution in [0.15, 0.2) is 72.8 Å². The maximum Gasteiger partial charge on any atom is 0.412 e. The number of hydrogen-bond acceptors (Lipinski definition) is 7. The van der Waals surface area contributed by atoms with Gasteiger partial charge in [0.05, 0.1) is 14.2 Å². The number of rotatable bonds is 12. The number of primary amides is 1. The van der Waals surface area contributed by atoms with Crippen molar-refractivity contribution >= 4 is 30.2 Å². The number of methoxy groups -OCH3 is 2. The van der Waals surface area contributed by atoms with Gasteiger partial charge in [0.15, 0.2) is 6.10 Å². The summed E-state index contributed by atoms with van der Waals surface area (Å²) in [5.74, 6) is 0.749. The van der Waals surface area contributed by atoms with Crippen LogP contribution in [0.5, 0.6) is 17.2 Å². The lowest BCUT2D eigenvalue weighted by molar-refractivity contribution is -0.132. The van der Waals surface area contributed by atoms with Crippen LogP contribution >= 0.6 is 0 Å². The highest BCUT2D eigenvalue weighted by Crippen LogP contribution is 2.39. The lowest BCUT2D eigenvalue weighted by atomic mass is 9.73. The molecule has 0 aliphatic heterocycles. The summed E-state index contributed by atoms with van der Waals surface area (Å²) < 4.78 is 21.2. The Kier molecular flexibility index (Phi) is 11.6. The summed E-state index contributed by atoms with van der Waals surface area (Å²) in [5.41, 5.74) is 7.51. The van der Waals surface area contributed by atoms with Gasteiger partial charge in [-0.15, -0.1) is 0 Å². The molecule has 3 aromatic rings. The summed E-state index contributed by atoms with van der Waals surface area (Å²) >= 11 is 0. The van der Waals surface area contributed by atoms with Crippen molar-refractivity contribution in [1.82, 2.24) is 10.6 Å². The van der Waals surface area contributed by atoms with E-state index in [1.807, 2.05) is 87.5 Å². The van der Waals surface area contributed by atoms with E-state index in [1.54, 1.807) is 32.4 Å². The maximum atomic E-state index is 13.1. The molecule has 0 aromatic heterocycles. The SMILES string of the molecule is COc1cc(C=Cc2ccc(OC(=O)NCCNC(=O)C(OC(N)=O)C(c3ccccc3)C(C)(C)C)cc2)cc(OC)c1. The molecule has 3 amide bonds. The van der Waals surface area contributed by atoms with Gasteiger partial charge < -0.3 is 35.3 Å². The summed E-state index contributed by atoms with van der Waals surface area (Å²) in [6.45, 7) is 6.02. The molecule has 2 atom stereocenters. The molecule has 2 unspecified atom stereocenters. The van der Waals surface area contributed by atoms with Crippen molar-refractivity contribution in [3.8, 4) is 17.2 Å². The molecule has 228 valence electrons. The van der Waals surface area contributed by atoms with E-state index in [-0.39, 0.29) is 13.1 Å². The zero-order chi connectivity index (χ0) is 31.4. The summed E-state index contributed by atoms with van der Waals surface area (Å²) in [4.78, 5) is 37.1. The molecule has 43 heavy (non-hydrogen) atoms. The Labute approximate surface area is 252 Å². The van der Waals surface area contributed by atoms with Crippen molar-refractivity contribution in [3.05, 3.63) is 89.5 Å². The molecule has 0 heterocycles. The van der Waals surface area contributed by atoms with Crippen LogP contribution in [0.25, 0.3) is 12.2 Å². The third-order valence-electron chi connectivity index (χ3n) is 6.52. The minimum absolute atomic E-state index is 0.0804. The lowest BCUT2D eigenvalue weighted by Gasteiger charge is -2.36. The van der Waals surface area contributed by atoms with Crippen molar-refractivity contribution in [2.75, 3.05) is 27.3 Å². The molecule has 10 nitrogen and oxygen atoms in total. The number of benzene rings is 3. The quantitative estimate of drug-likeness (QED) is 0.191. The van der Waals surface area contributed by atoms with Gasteiger partial charge in [-0.1, -0.05) is 75.4 Å². The van der Waals surface area contributed by atoms with Crippen LogP contribution in [-0.4, -0.2) is 51.5 Å². The molecule has 3 aromatic carbocycles. The number of ether oxygens (including phenoxy) is 4. The zero-order valence-corrected chi connectivity index (χ0v) is 25.1. The molecule has 0 spiro atoms. The Morgan fingerprint density at radius 3 is 1.93 bits per heavy atom. The van der Waals surface area contributed by atoms with Gasteiger partial charge in [0.2, 0.25) is 0 Å². The average molecular weight is 590 g/mol. The van der Waals surface area contributed by atoms with Crippen LogP contribution in [0.3, 0.4) is 0 Å². The molecule has 0 radical (unpaired) electrons. The molecule has 10 heteroatoms. The first-order valence-electron chi connectivity index (χ1n) is 13.8. The number of carbonyl (C=O) groups is 3. The fourth-order valence-corrected chi connectivity index (χ4v) is 4.55. The third kappa shape index (κ3) is 10.1. The first kappa shape index (κ1) is 32.5. The Morgan fingerprint density at radius 1 is 0.791 bits per heavy atom. The van der Waals surface area contributed by atoms with Crippen LogP contribution in [-0.2, 0) is 9.53 Å². The van der Waals surface area contributed by atoms with Crippen molar-refractivity contribution < 1.29 is 33.3 Å². The van der Waals surface area contributed by atoms with Crippen molar-refractivity contribution in [3.63, 3.8) is 0 Å². The Hall–Kier alpha value is -4.99. The second-order valence-corrected chi connectivity index (χ2v) is 10.8. The molecule has 0 saturated carbocycles. The highest BCUT2D eigenvalue weighted by molar-refractivity contribution is 5.84. The summed E-state index contributed by atoms with van der Waals surface area (Å²) in [7, 11) is 3.19. The van der Waals surface area contributed by atoms with Crippen LogP contribution in [0.4, 0.5) is 9.59 Å². The van der Waals surface area contributed by atoms with Gasteiger partial charge in [0, 0.05) is 25.1 Å². The van der Waals surface area contributed by atoms with Gasteiger partial charge in [-0.25, -0.2) is 9.59 Å². The number of nitrogens with one attached hydrogen (secondary N) is 2. The molecule has 0 saturated heterocycles. The van der Waals surface area contributed by atoms with E-state index in [1.165, 1.54) is 0 Å². The zero-order valence-electron chi connectivity index (χ0n) is 25.1. The largest absolute Gasteiger partial charge is 0.497 e. The van der Waals surface area contributed by atoms with E-state index in [0.29, 0.717) is 17.2 Å². The summed E-state index contributed by atoms with van der Waals surface area (Å²) in [6.07, 6.45) is 0.949. The topological polar surface area (TPSA) is 138 Å². The standard InChI is InChI=1S/C33H39N3O7/c1-33(2,3)28(24-9-7-6-8-10-24)29(43-31(34)38)30(37)35-17-18-36-32(39)42-25-15-13-22(14-16-25)11-12-23-19-26(40-4)21-27(20-23)41-5/h6-16,19-21,28-29H,17-18H2,1-5H3,(H2,34,38)(H,35,37)(H,36,39). The maximum absolute atomic E-state index is 13.1. The van der Waals surface area contributed by atoms with Gasteiger partial charge in [0.25, 0.3) is 5.91 Å². The predicted octanol–water partition coefficient (Wildman–Crippen LogP) is 5.37. The summed E-state index contributed by atoms with van der Waals surface area (Å²) in [6, 6.07) is 21.9. The van der Waals surface area contributed by atoms with Gasteiger partial charge in [-0.2, -0.15) is 0 Å². The van der Waals surface area contributed by atoms with E-state index in [4.69, 9.17) is 24.7 Å². The molecule has 4 N–H and O–H groups in total. The highest BCUT2D eigenvalue weighted by Gasteiger charge is 2.40. The fourth-order valence-electron chi connectivity index (χ4n) is 4.55. The van der Waals surface area contributed by atoms with Crippen molar-refractivity contribution in [2.24, 2.45) is 11.1 Å². The monoisotopic (exact) mass is 589 g/mol. The minimum Gasteiger partial charge on any atom is -0.497 e. The first-order chi connectivity index (χ1) is 20.5. The second kappa shape index (κ2) is 15.3. The van der Waals surface area contributed by atoms with Crippen molar-refractivity contribution in [1.29, 1.82) is 0 Å². The first-order valence-corrected chi connectivity index (χ1v) is 13.8. The van der Waals surface area contributed by atoms with Crippen LogP contribution in [0, 0.1) is 5.41 Å². The Balaban J connectivity index is 1.52. The van der Waals surface area contributed by atoms with Crippen LogP contribution in [0.2, 0.25) is 0 Å². The van der Waals surface area contributed by atoms with Crippen LogP contribution in [0.1, 0.15) is 43.4 Å². The van der Waals surface area contributed by atoms with Crippen molar-refractivity contribution in [2.45, 2.75) is 32.8 Å². The van der Waals surface area contributed by atoms with Gasteiger partial charge in [-0.3, -0.25) is 4.79 Å². The van der Waals surface area contributed by atoms with E-state index in [0.717, 1.165) is 16.7 Å². The predicted molar refractivity (Wildman–Crippen MR) is 165 cm³/mol. The minimum atomic E-state index is -1.16. The molecule has 0 aliphatic carbocycles. The number of amides is 3. The summed E-state index contributed by atoms with van der Waals surface area (Å²) in [5, 5.41) is 5.31. The van der Waals surface area contributed by atoms with E-state index < -0.39 is 35.5 Å². The molecule has 0 bridgehead atoms. The molecule has 0 aliphatic rings. The molecular weight excluding hydrogens is 550 g/mol. The van der Waals surface area contributed by atoms with Crippen LogP contribution < -0.4 is 30.6 Å². The lowest BCUT2D eigenvalue weighted by Crippen LogP contribution is -2.47. The molecular formula is C33H39N3O7. The van der Waals surface area contributed by atoms with Gasteiger partial charge in [0.1, 0.15) is 17.2 Å². The smallest absolute Gasteiger partial charge is 0.412 e. The average Bonchev–Trinajstić information content (AvgIpc) is 2.98. The number of hydrogen-bond donors (Lipinski definition) is 3. The normalized spacial score (nSPS) is 12.6. The van der Waals surface area contributed by atoms with Gasteiger partial charge in [-0.05, 0) is 46.4 Å². The fraction of sp³-hybridized carbons (Fsp3) is 0.303. The number of carbonyl (C=O) groups excluding carboxylic acids is 3. The molecule has 0 fully saturated rings. The Bertz CT molecular complexity index is 1380. The number of nitrogens with two attached hydrogens (primary N) is 1. The van der Waals surface area contributed by atoms with E-state index in [9.17, 15) is 14.4 Å². The Morgan fingerprint density at radius 2 is 1.37 bits per heavy atom. The van der Waals surface area contributed by atoms with Gasteiger partial charge >= 0.3 is 12.2 Å². The second-order valence-electron chi connectivity index (χ2n) is 10.8. The van der Waals surface area contributed by atoms with E-state index >= 15 is 0 Å².